The van der Waals surface area contributed by atoms with Crippen molar-refractivity contribution in [2.75, 3.05) is 6.54 Å². The van der Waals surface area contributed by atoms with Gasteiger partial charge in [-0.1, -0.05) is 44.5 Å². The maximum Gasteiger partial charge on any atom is 0.0682 e. The van der Waals surface area contributed by atoms with Gasteiger partial charge in [0.1, 0.15) is 0 Å². The highest BCUT2D eigenvalue weighted by atomic mass is 79.9. The van der Waals surface area contributed by atoms with Gasteiger partial charge in [-0.2, -0.15) is 0 Å². The van der Waals surface area contributed by atoms with Gasteiger partial charge in [0.05, 0.1) is 6.04 Å². The van der Waals surface area contributed by atoms with Crippen LogP contribution in [0, 0.1) is 0 Å². The highest BCUT2D eigenvalue weighted by Crippen LogP contribution is 2.33. The fourth-order valence-corrected chi connectivity index (χ4v) is 4.12. The van der Waals surface area contributed by atoms with Crippen molar-refractivity contribution in [2.24, 2.45) is 0 Å². The van der Waals surface area contributed by atoms with E-state index in [0.717, 1.165) is 13.0 Å². The molecule has 0 saturated carbocycles. The van der Waals surface area contributed by atoms with Crippen LogP contribution in [0.2, 0.25) is 0 Å². The molecular weight excluding hydrogens is 342 g/mol. The molecule has 1 nitrogen and oxygen atoms in total. The van der Waals surface area contributed by atoms with Crippen molar-refractivity contribution < 1.29 is 0 Å². The lowest BCUT2D eigenvalue weighted by atomic mass is 10.0. The van der Waals surface area contributed by atoms with Crippen molar-refractivity contribution in [1.29, 1.82) is 0 Å². The molecule has 1 atom stereocenters. The third-order valence-corrected chi connectivity index (χ3v) is 5.57. The normalized spacial score (nSPS) is 12.5. The van der Waals surface area contributed by atoms with Crippen LogP contribution in [0.5, 0.6) is 0 Å². The second-order valence-corrected chi connectivity index (χ2v) is 7.17. The molecule has 0 aliphatic carbocycles. The van der Waals surface area contributed by atoms with Gasteiger partial charge in [0.2, 0.25) is 0 Å². The van der Waals surface area contributed by atoms with E-state index in [4.69, 9.17) is 0 Å². The Morgan fingerprint density at radius 3 is 2.43 bits per heavy atom. The van der Waals surface area contributed by atoms with E-state index in [0.29, 0.717) is 6.04 Å². The summed E-state index contributed by atoms with van der Waals surface area (Å²) >= 11 is 5.49. The standard InChI is InChI=1S/C18H24BrNS/c1-3-5-6-14-7-9-15(10-8-14)17(20-12-4-2)18-16(19)11-13-21-18/h7-11,13,17,20H,3-6,12H2,1-2H3. The van der Waals surface area contributed by atoms with E-state index in [9.17, 15) is 0 Å². The summed E-state index contributed by atoms with van der Waals surface area (Å²) in [5, 5.41) is 5.82. The van der Waals surface area contributed by atoms with Gasteiger partial charge < -0.3 is 5.32 Å². The lowest BCUT2D eigenvalue weighted by Gasteiger charge is -2.19. The molecule has 1 aromatic carbocycles. The molecule has 0 radical (unpaired) electrons. The Hall–Kier alpha value is -0.640. The van der Waals surface area contributed by atoms with Gasteiger partial charge in [0, 0.05) is 9.35 Å². The van der Waals surface area contributed by atoms with E-state index in [1.54, 1.807) is 0 Å². The summed E-state index contributed by atoms with van der Waals surface area (Å²) in [5.41, 5.74) is 2.80. The third kappa shape index (κ3) is 4.67. The summed E-state index contributed by atoms with van der Waals surface area (Å²) in [6.45, 7) is 5.49. The number of aryl methyl sites for hydroxylation is 1. The van der Waals surface area contributed by atoms with Crippen LogP contribution in [-0.4, -0.2) is 6.54 Å². The molecule has 1 unspecified atom stereocenters. The minimum atomic E-state index is 0.291. The smallest absolute Gasteiger partial charge is 0.0682 e. The van der Waals surface area contributed by atoms with Crippen LogP contribution >= 0.6 is 27.3 Å². The fourth-order valence-electron chi connectivity index (χ4n) is 2.42. The number of halogens is 1. The number of rotatable bonds is 8. The molecule has 0 aliphatic heterocycles. The van der Waals surface area contributed by atoms with Crippen molar-refractivity contribution >= 4 is 27.3 Å². The van der Waals surface area contributed by atoms with Crippen molar-refractivity contribution in [1.82, 2.24) is 5.32 Å². The number of hydrogen-bond acceptors (Lipinski definition) is 2. The maximum atomic E-state index is 3.68. The molecule has 1 N–H and O–H groups in total. The Morgan fingerprint density at radius 2 is 1.86 bits per heavy atom. The van der Waals surface area contributed by atoms with Crippen molar-refractivity contribution in [3.8, 4) is 0 Å². The highest BCUT2D eigenvalue weighted by molar-refractivity contribution is 9.10. The van der Waals surface area contributed by atoms with Crippen molar-refractivity contribution in [2.45, 2.75) is 45.6 Å². The molecular formula is C18H24BrNS. The number of nitrogens with one attached hydrogen (secondary N) is 1. The average molecular weight is 366 g/mol. The first-order chi connectivity index (χ1) is 10.3. The first-order valence-corrected chi connectivity index (χ1v) is 9.48. The van der Waals surface area contributed by atoms with Crippen LogP contribution in [0.1, 0.15) is 55.2 Å². The summed E-state index contributed by atoms with van der Waals surface area (Å²) in [6, 6.07) is 11.6. The molecule has 0 spiro atoms. The Morgan fingerprint density at radius 1 is 1.10 bits per heavy atom. The van der Waals surface area contributed by atoms with Crippen LogP contribution in [0.15, 0.2) is 40.2 Å². The zero-order valence-electron chi connectivity index (χ0n) is 12.9. The number of benzene rings is 1. The molecule has 3 heteroatoms. The van der Waals surface area contributed by atoms with E-state index < -0.39 is 0 Å². The van der Waals surface area contributed by atoms with E-state index in [-0.39, 0.29) is 0 Å². The Kier molecular flexibility index (Phi) is 6.94. The average Bonchev–Trinajstić information content (AvgIpc) is 2.93. The summed E-state index contributed by atoms with van der Waals surface area (Å²) in [4.78, 5) is 1.37. The Balaban J connectivity index is 2.18. The number of unbranched alkanes of at least 4 members (excludes halogenated alkanes) is 1. The van der Waals surface area contributed by atoms with Crippen molar-refractivity contribution in [3.05, 3.63) is 56.2 Å². The predicted molar refractivity (Wildman–Crippen MR) is 97.2 cm³/mol. The molecule has 0 bridgehead atoms. The van der Waals surface area contributed by atoms with Gasteiger partial charge in [0.25, 0.3) is 0 Å². The molecule has 0 fully saturated rings. The second kappa shape index (κ2) is 8.72. The molecule has 2 aromatic rings. The molecule has 114 valence electrons. The largest absolute Gasteiger partial charge is 0.306 e. The van der Waals surface area contributed by atoms with E-state index >= 15 is 0 Å². The minimum absolute atomic E-state index is 0.291. The monoisotopic (exact) mass is 365 g/mol. The molecule has 1 aromatic heterocycles. The minimum Gasteiger partial charge on any atom is -0.306 e. The van der Waals surface area contributed by atoms with Crippen LogP contribution in [-0.2, 0) is 6.42 Å². The van der Waals surface area contributed by atoms with E-state index in [2.05, 4.69) is 70.8 Å². The first kappa shape index (κ1) is 16.7. The summed E-state index contributed by atoms with van der Waals surface area (Å²) in [6.07, 6.45) is 4.86. The maximum absolute atomic E-state index is 3.68. The predicted octanol–water partition coefficient (Wildman–Crippen LogP) is 5.94. The molecule has 0 saturated heterocycles. The fraction of sp³-hybridized carbons (Fsp3) is 0.444. The molecule has 21 heavy (non-hydrogen) atoms. The first-order valence-electron chi connectivity index (χ1n) is 7.81. The molecule has 2 rings (SSSR count). The van der Waals surface area contributed by atoms with Gasteiger partial charge >= 0.3 is 0 Å². The third-order valence-electron chi connectivity index (χ3n) is 3.64. The summed E-state index contributed by atoms with van der Waals surface area (Å²) in [7, 11) is 0. The second-order valence-electron chi connectivity index (χ2n) is 5.37. The van der Waals surface area contributed by atoms with Crippen LogP contribution < -0.4 is 5.32 Å². The zero-order chi connectivity index (χ0) is 15.1. The Bertz CT molecular complexity index is 532. The summed E-state index contributed by atoms with van der Waals surface area (Å²) < 4.78 is 1.20. The summed E-state index contributed by atoms with van der Waals surface area (Å²) in [5.74, 6) is 0. The van der Waals surface area contributed by atoms with Gasteiger partial charge in [-0.25, -0.2) is 0 Å². The quantitative estimate of drug-likeness (QED) is 0.609. The van der Waals surface area contributed by atoms with Crippen LogP contribution in [0.25, 0.3) is 0 Å². The zero-order valence-corrected chi connectivity index (χ0v) is 15.3. The lowest BCUT2D eigenvalue weighted by Crippen LogP contribution is -2.22. The van der Waals surface area contributed by atoms with Gasteiger partial charge in [0.15, 0.2) is 0 Å². The number of thiophene rings is 1. The van der Waals surface area contributed by atoms with E-state index in [1.807, 2.05) is 11.3 Å². The van der Waals surface area contributed by atoms with Gasteiger partial charge in [-0.05, 0) is 64.3 Å². The SMILES string of the molecule is CCCCc1ccc(C(NCCC)c2sccc2Br)cc1. The lowest BCUT2D eigenvalue weighted by molar-refractivity contribution is 0.604. The molecule has 1 heterocycles. The van der Waals surface area contributed by atoms with E-state index in [1.165, 1.54) is 39.7 Å². The van der Waals surface area contributed by atoms with Crippen LogP contribution in [0.3, 0.4) is 0 Å². The Labute approximate surface area is 140 Å². The van der Waals surface area contributed by atoms with Crippen molar-refractivity contribution in [3.63, 3.8) is 0 Å². The van der Waals surface area contributed by atoms with Crippen LogP contribution in [0.4, 0.5) is 0 Å². The molecule has 0 aliphatic rings. The topological polar surface area (TPSA) is 12.0 Å². The number of hydrogen-bond donors (Lipinski definition) is 1. The highest BCUT2D eigenvalue weighted by Gasteiger charge is 2.17. The molecule has 0 amide bonds. The van der Waals surface area contributed by atoms with Gasteiger partial charge in [-0.3, -0.25) is 0 Å². The van der Waals surface area contributed by atoms with Gasteiger partial charge in [-0.15, -0.1) is 11.3 Å².